The van der Waals surface area contributed by atoms with Gasteiger partial charge in [-0.25, -0.2) is 8.42 Å². The molecule has 51 heavy (non-hydrogen) atoms. The third-order valence-corrected chi connectivity index (χ3v) is 11.5. The van der Waals surface area contributed by atoms with Gasteiger partial charge < -0.3 is 19.7 Å². The van der Waals surface area contributed by atoms with Gasteiger partial charge in [-0.3, -0.25) is 13.9 Å². The smallest absolute Gasteiger partial charge is 0.264 e. The van der Waals surface area contributed by atoms with Gasteiger partial charge in [0.15, 0.2) is 11.5 Å². The van der Waals surface area contributed by atoms with Gasteiger partial charge in [0.05, 0.1) is 24.8 Å². The van der Waals surface area contributed by atoms with Gasteiger partial charge in [-0.2, -0.15) is 0 Å². The van der Waals surface area contributed by atoms with Gasteiger partial charge in [0.25, 0.3) is 10.0 Å². The van der Waals surface area contributed by atoms with Crippen molar-refractivity contribution in [2.45, 2.75) is 75.9 Å². The molecule has 0 radical (unpaired) electrons. The number of amides is 2. The van der Waals surface area contributed by atoms with Crippen molar-refractivity contribution in [3.8, 4) is 11.5 Å². The first-order valence-corrected chi connectivity index (χ1v) is 19.4. The Morgan fingerprint density at radius 3 is 2.10 bits per heavy atom. The van der Waals surface area contributed by atoms with E-state index in [9.17, 15) is 18.0 Å². The van der Waals surface area contributed by atoms with E-state index in [1.165, 1.54) is 37.3 Å². The molecule has 2 amide bonds. The lowest BCUT2D eigenvalue weighted by Crippen LogP contribution is -2.55. The minimum absolute atomic E-state index is 0.0198. The Kier molecular flexibility index (Phi) is 12.8. The first kappa shape index (κ1) is 37.9. The van der Waals surface area contributed by atoms with Crippen molar-refractivity contribution in [2.24, 2.45) is 0 Å². The molecule has 4 aromatic rings. The number of anilines is 1. The van der Waals surface area contributed by atoms with Gasteiger partial charge in [0.1, 0.15) is 12.6 Å². The van der Waals surface area contributed by atoms with Crippen molar-refractivity contribution in [1.29, 1.82) is 0 Å². The van der Waals surface area contributed by atoms with Crippen molar-refractivity contribution >= 4 is 43.5 Å². The van der Waals surface area contributed by atoms with Gasteiger partial charge in [-0.15, -0.1) is 0 Å². The molecule has 1 aliphatic rings. The molecule has 0 bridgehead atoms. The quantitative estimate of drug-likeness (QED) is 0.144. The molecular formula is C40H46BrN3O6S. The van der Waals surface area contributed by atoms with Crippen LogP contribution in [0, 0.1) is 13.8 Å². The van der Waals surface area contributed by atoms with E-state index in [2.05, 4.69) is 21.2 Å². The zero-order valence-corrected chi connectivity index (χ0v) is 32.0. The molecule has 1 fully saturated rings. The number of methoxy groups -OCH3 is 2. The van der Waals surface area contributed by atoms with Gasteiger partial charge in [0, 0.05) is 29.5 Å². The fourth-order valence-electron chi connectivity index (χ4n) is 6.61. The number of sulfonamides is 1. The van der Waals surface area contributed by atoms with Crippen LogP contribution in [0.1, 0.15) is 54.4 Å². The zero-order valence-electron chi connectivity index (χ0n) is 29.6. The van der Waals surface area contributed by atoms with E-state index in [-0.39, 0.29) is 35.6 Å². The molecule has 1 atom stereocenters. The molecule has 4 aromatic carbocycles. The van der Waals surface area contributed by atoms with Gasteiger partial charge in [-0.1, -0.05) is 83.7 Å². The number of carbonyl (C=O) groups excluding carboxylic acids is 2. The van der Waals surface area contributed by atoms with Crippen LogP contribution in [-0.2, 0) is 32.6 Å². The van der Waals surface area contributed by atoms with Crippen LogP contribution in [0.15, 0.2) is 100 Å². The number of nitrogens with one attached hydrogen (secondary N) is 1. The highest BCUT2D eigenvalue weighted by atomic mass is 79.9. The Labute approximate surface area is 310 Å². The van der Waals surface area contributed by atoms with Crippen LogP contribution in [0.2, 0.25) is 0 Å². The molecule has 270 valence electrons. The van der Waals surface area contributed by atoms with Crippen LogP contribution in [-0.4, -0.2) is 58.0 Å². The molecule has 5 rings (SSSR count). The van der Waals surface area contributed by atoms with Crippen LogP contribution in [0.4, 0.5) is 5.69 Å². The molecule has 0 spiro atoms. The lowest BCUT2D eigenvalue weighted by atomic mass is 9.94. The maximum atomic E-state index is 14.9. The molecule has 1 N–H and O–H groups in total. The van der Waals surface area contributed by atoms with Crippen LogP contribution in [0.25, 0.3) is 0 Å². The van der Waals surface area contributed by atoms with E-state index in [0.29, 0.717) is 11.4 Å². The summed E-state index contributed by atoms with van der Waals surface area (Å²) in [6.45, 7) is 3.31. The van der Waals surface area contributed by atoms with Crippen LogP contribution < -0.4 is 19.1 Å². The van der Waals surface area contributed by atoms with E-state index in [0.717, 1.165) is 63.1 Å². The predicted molar refractivity (Wildman–Crippen MR) is 204 cm³/mol. The van der Waals surface area contributed by atoms with E-state index < -0.39 is 28.5 Å². The number of ether oxygens (including phenoxy) is 2. The summed E-state index contributed by atoms with van der Waals surface area (Å²) < 4.78 is 42.0. The second-order valence-electron chi connectivity index (χ2n) is 13.1. The fraction of sp³-hybridized carbons (Fsp3) is 0.350. The van der Waals surface area contributed by atoms with Gasteiger partial charge in [0.2, 0.25) is 11.8 Å². The fourth-order valence-corrected chi connectivity index (χ4v) is 8.29. The highest BCUT2D eigenvalue weighted by molar-refractivity contribution is 9.10. The topological polar surface area (TPSA) is 105 Å². The number of hydrogen-bond donors (Lipinski definition) is 1. The number of carbonyl (C=O) groups is 2. The highest BCUT2D eigenvalue weighted by Crippen LogP contribution is 2.33. The van der Waals surface area contributed by atoms with Gasteiger partial charge in [-0.05, 0) is 85.3 Å². The third-order valence-electron chi connectivity index (χ3n) is 9.21. The molecule has 0 unspecified atom stereocenters. The monoisotopic (exact) mass is 775 g/mol. The molecular weight excluding hydrogens is 730 g/mol. The Bertz CT molecular complexity index is 1890. The number of benzene rings is 4. The van der Waals surface area contributed by atoms with Crippen LogP contribution in [0.5, 0.6) is 11.5 Å². The average molecular weight is 777 g/mol. The Morgan fingerprint density at radius 2 is 1.47 bits per heavy atom. The summed E-state index contributed by atoms with van der Waals surface area (Å²) >= 11 is 3.49. The maximum Gasteiger partial charge on any atom is 0.264 e. The summed E-state index contributed by atoms with van der Waals surface area (Å²) in [5.74, 6) is -0.152. The minimum Gasteiger partial charge on any atom is -0.493 e. The van der Waals surface area contributed by atoms with Crippen molar-refractivity contribution in [2.75, 3.05) is 25.1 Å². The molecule has 9 nitrogen and oxygen atoms in total. The zero-order chi connectivity index (χ0) is 36.5. The van der Waals surface area contributed by atoms with E-state index >= 15 is 0 Å². The predicted octanol–water partition coefficient (Wildman–Crippen LogP) is 7.37. The summed E-state index contributed by atoms with van der Waals surface area (Å²) in [6.07, 6.45) is 5.23. The number of rotatable bonds is 14. The number of hydrogen-bond acceptors (Lipinski definition) is 6. The largest absolute Gasteiger partial charge is 0.493 e. The lowest BCUT2D eigenvalue weighted by molar-refractivity contribution is -0.140. The molecule has 0 aromatic heterocycles. The molecule has 1 saturated carbocycles. The number of halogens is 1. The highest BCUT2D eigenvalue weighted by Gasteiger charge is 2.36. The Morgan fingerprint density at radius 1 is 0.824 bits per heavy atom. The van der Waals surface area contributed by atoms with E-state index in [1.807, 2.05) is 74.5 Å². The third kappa shape index (κ3) is 9.71. The molecule has 11 heteroatoms. The lowest BCUT2D eigenvalue weighted by Gasteiger charge is -2.35. The second kappa shape index (κ2) is 17.2. The first-order valence-electron chi connectivity index (χ1n) is 17.2. The van der Waals surface area contributed by atoms with E-state index in [4.69, 9.17) is 9.47 Å². The number of aryl methyl sites for hydroxylation is 2. The van der Waals surface area contributed by atoms with Crippen molar-refractivity contribution in [1.82, 2.24) is 10.2 Å². The van der Waals surface area contributed by atoms with Crippen LogP contribution in [0.3, 0.4) is 0 Å². The SMILES string of the molecule is COc1ccc(S(=O)(=O)N(CC(=O)N(Cc2ccc(Br)cc2)[C@H](Cc2ccccc2)C(=O)NC2CCCCC2)c2cc(C)cc(C)c2)cc1OC. The minimum atomic E-state index is -4.34. The van der Waals surface area contributed by atoms with Crippen molar-refractivity contribution in [3.05, 3.63) is 118 Å². The van der Waals surface area contributed by atoms with Crippen LogP contribution >= 0.6 is 15.9 Å². The number of nitrogens with zero attached hydrogens (tertiary/aromatic N) is 2. The Hall–Kier alpha value is -4.35. The maximum absolute atomic E-state index is 14.9. The normalized spacial score (nSPS) is 14.0. The summed E-state index contributed by atoms with van der Waals surface area (Å²) in [5, 5.41) is 3.25. The average Bonchev–Trinajstić information content (AvgIpc) is 3.12. The summed E-state index contributed by atoms with van der Waals surface area (Å²) in [6, 6.07) is 26.1. The second-order valence-corrected chi connectivity index (χ2v) is 15.8. The van der Waals surface area contributed by atoms with Crippen molar-refractivity contribution < 1.29 is 27.5 Å². The summed E-state index contributed by atoms with van der Waals surface area (Å²) in [5.41, 5.74) is 3.70. The summed E-state index contributed by atoms with van der Waals surface area (Å²) in [7, 11) is -1.43. The van der Waals surface area contributed by atoms with Gasteiger partial charge >= 0.3 is 0 Å². The standard InChI is InChI=1S/C40H46BrN3O6S/c1-28-21-29(2)23-34(22-28)44(51(47,48)35-19-20-37(49-3)38(25-35)50-4)27-39(45)43(26-31-15-17-32(41)18-16-31)36(24-30-11-7-5-8-12-30)40(46)42-33-13-9-6-10-14-33/h5,7-8,11-12,15-23,25,33,36H,6,9-10,13-14,24,26-27H2,1-4H3,(H,42,46)/t36-/m1/s1. The van der Waals surface area contributed by atoms with Crippen molar-refractivity contribution in [3.63, 3.8) is 0 Å². The Balaban J connectivity index is 1.60. The molecule has 0 aliphatic heterocycles. The molecule has 0 saturated heterocycles. The van der Waals surface area contributed by atoms with E-state index in [1.54, 1.807) is 12.1 Å². The molecule has 1 aliphatic carbocycles. The summed E-state index contributed by atoms with van der Waals surface area (Å²) in [4.78, 5) is 30.7. The molecule has 0 heterocycles. The first-order chi connectivity index (χ1) is 24.5.